The van der Waals surface area contributed by atoms with Crippen molar-refractivity contribution in [3.63, 3.8) is 0 Å². The molecule has 0 aliphatic carbocycles. The fourth-order valence-electron chi connectivity index (χ4n) is 3.65. The number of nitrogens with zero attached hydrogens (tertiary/aromatic N) is 2. The van der Waals surface area contributed by atoms with Crippen molar-refractivity contribution in [3.8, 4) is 11.5 Å². The van der Waals surface area contributed by atoms with Gasteiger partial charge in [0.25, 0.3) is 5.91 Å². The third-order valence-corrected chi connectivity index (χ3v) is 5.60. The topological polar surface area (TPSA) is 59.1 Å². The molecule has 1 fully saturated rings. The number of carbonyl (C=O) groups is 2. The lowest BCUT2D eigenvalue weighted by Gasteiger charge is -2.23. The monoisotopic (exact) mass is 410 g/mol. The summed E-state index contributed by atoms with van der Waals surface area (Å²) in [6.45, 7) is 6.74. The van der Waals surface area contributed by atoms with Gasteiger partial charge < -0.3 is 19.3 Å². The van der Waals surface area contributed by atoms with Crippen molar-refractivity contribution in [2.24, 2.45) is 0 Å². The molecule has 6 heteroatoms. The van der Waals surface area contributed by atoms with Crippen LogP contribution in [0, 0.1) is 13.8 Å². The van der Waals surface area contributed by atoms with Crippen molar-refractivity contribution in [3.05, 3.63) is 59.2 Å². The van der Waals surface area contributed by atoms with Crippen LogP contribution in [0.15, 0.2) is 42.5 Å². The number of para-hydroxylation sites is 1. The molecule has 1 aliphatic heterocycles. The Labute approximate surface area is 178 Å². The summed E-state index contributed by atoms with van der Waals surface area (Å²) in [4.78, 5) is 29.2. The normalized spacial score (nSPS) is 14.2. The first kappa shape index (κ1) is 21.7. The fraction of sp³-hybridized carbons (Fsp3) is 0.417. The Morgan fingerprint density at radius 1 is 0.900 bits per heavy atom. The van der Waals surface area contributed by atoms with Gasteiger partial charge in [-0.15, -0.1) is 0 Å². The Balaban J connectivity index is 1.52. The molecule has 160 valence electrons. The molecular formula is C24H30N2O4. The minimum Gasteiger partial charge on any atom is -0.496 e. The molecule has 6 nitrogen and oxygen atoms in total. The van der Waals surface area contributed by atoms with E-state index in [9.17, 15) is 9.59 Å². The number of rotatable bonds is 6. The van der Waals surface area contributed by atoms with Gasteiger partial charge in [-0.25, -0.2) is 0 Å². The van der Waals surface area contributed by atoms with E-state index in [1.54, 1.807) is 24.1 Å². The average molecular weight is 411 g/mol. The van der Waals surface area contributed by atoms with Crippen molar-refractivity contribution in [2.75, 3.05) is 39.9 Å². The summed E-state index contributed by atoms with van der Waals surface area (Å²) in [5.41, 5.74) is 2.83. The lowest BCUT2D eigenvalue weighted by molar-refractivity contribution is -0.131. The minimum atomic E-state index is -0.0556. The summed E-state index contributed by atoms with van der Waals surface area (Å²) in [6, 6.07) is 13.2. The summed E-state index contributed by atoms with van der Waals surface area (Å²) < 4.78 is 11.1. The molecule has 0 radical (unpaired) electrons. The highest BCUT2D eigenvalue weighted by Crippen LogP contribution is 2.22. The highest BCUT2D eigenvalue weighted by molar-refractivity contribution is 5.97. The predicted molar refractivity (Wildman–Crippen MR) is 116 cm³/mol. The molecule has 3 rings (SSSR count). The van der Waals surface area contributed by atoms with Gasteiger partial charge in [0.05, 0.1) is 25.7 Å². The van der Waals surface area contributed by atoms with E-state index in [1.807, 2.05) is 49.1 Å². The third kappa shape index (κ3) is 5.12. The van der Waals surface area contributed by atoms with Crippen LogP contribution in [0.3, 0.4) is 0 Å². The Hall–Kier alpha value is -3.02. The quantitative estimate of drug-likeness (QED) is 0.732. The number of hydrogen-bond donors (Lipinski definition) is 0. The molecule has 1 saturated heterocycles. The van der Waals surface area contributed by atoms with Crippen LogP contribution in [0.25, 0.3) is 0 Å². The highest BCUT2D eigenvalue weighted by Gasteiger charge is 2.24. The molecule has 0 spiro atoms. The second kappa shape index (κ2) is 10.1. The SMILES string of the molecule is COc1ccccc1C(=O)N1CCCN(C(=O)CCOc2cccc(C)c2C)CC1. The molecule has 2 amide bonds. The fourth-order valence-corrected chi connectivity index (χ4v) is 3.65. The Bertz CT molecular complexity index is 897. The van der Waals surface area contributed by atoms with E-state index in [2.05, 4.69) is 0 Å². The van der Waals surface area contributed by atoms with Gasteiger partial charge in [0.1, 0.15) is 11.5 Å². The van der Waals surface area contributed by atoms with Crippen LogP contribution in [0.4, 0.5) is 0 Å². The maximum atomic E-state index is 12.9. The first-order valence-corrected chi connectivity index (χ1v) is 10.4. The summed E-state index contributed by atoms with van der Waals surface area (Å²) in [5, 5.41) is 0. The van der Waals surface area contributed by atoms with Gasteiger partial charge in [0, 0.05) is 26.2 Å². The van der Waals surface area contributed by atoms with Crippen molar-refractivity contribution < 1.29 is 19.1 Å². The standard InChI is InChI=1S/C24H30N2O4/c1-18-8-6-11-21(19(18)2)30-17-12-23(27)25-13-7-14-26(16-15-25)24(28)20-9-4-5-10-22(20)29-3/h4-6,8-11H,7,12-17H2,1-3H3. The number of ether oxygens (including phenoxy) is 2. The van der Waals surface area contributed by atoms with Crippen molar-refractivity contribution in [1.29, 1.82) is 0 Å². The summed E-state index contributed by atoms with van der Waals surface area (Å²) in [7, 11) is 1.56. The van der Waals surface area contributed by atoms with Crippen LogP contribution in [-0.4, -0.2) is 61.5 Å². The first-order valence-electron chi connectivity index (χ1n) is 10.4. The number of methoxy groups -OCH3 is 1. The van der Waals surface area contributed by atoms with Crippen LogP contribution in [0.2, 0.25) is 0 Å². The van der Waals surface area contributed by atoms with Crippen LogP contribution in [0.1, 0.15) is 34.3 Å². The van der Waals surface area contributed by atoms with Gasteiger partial charge in [0.15, 0.2) is 0 Å². The summed E-state index contributed by atoms with van der Waals surface area (Å²) in [6.07, 6.45) is 1.08. The molecular weight excluding hydrogens is 380 g/mol. The van der Waals surface area contributed by atoms with Crippen LogP contribution in [-0.2, 0) is 4.79 Å². The van der Waals surface area contributed by atoms with Crippen LogP contribution < -0.4 is 9.47 Å². The van der Waals surface area contributed by atoms with Gasteiger partial charge in [-0.2, -0.15) is 0 Å². The smallest absolute Gasteiger partial charge is 0.257 e. The number of carbonyl (C=O) groups excluding carboxylic acids is 2. The predicted octanol–water partition coefficient (Wildman–Crippen LogP) is 3.46. The number of hydrogen-bond acceptors (Lipinski definition) is 4. The Kier molecular flexibility index (Phi) is 7.33. The van der Waals surface area contributed by atoms with E-state index in [1.165, 1.54) is 5.56 Å². The van der Waals surface area contributed by atoms with E-state index in [4.69, 9.17) is 9.47 Å². The van der Waals surface area contributed by atoms with E-state index in [0.717, 1.165) is 17.7 Å². The largest absolute Gasteiger partial charge is 0.496 e. The maximum absolute atomic E-state index is 12.9. The van der Waals surface area contributed by atoms with Crippen molar-refractivity contribution in [2.45, 2.75) is 26.7 Å². The zero-order valence-corrected chi connectivity index (χ0v) is 18.0. The van der Waals surface area contributed by atoms with Crippen LogP contribution >= 0.6 is 0 Å². The molecule has 1 heterocycles. The molecule has 2 aromatic carbocycles. The second-order valence-corrected chi connectivity index (χ2v) is 7.52. The summed E-state index contributed by atoms with van der Waals surface area (Å²) >= 11 is 0. The molecule has 0 unspecified atom stereocenters. The molecule has 1 aliphatic rings. The van der Waals surface area contributed by atoms with Crippen LogP contribution in [0.5, 0.6) is 11.5 Å². The van der Waals surface area contributed by atoms with E-state index >= 15 is 0 Å². The van der Waals surface area contributed by atoms with Crippen molar-refractivity contribution in [1.82, 2.24) is 9.80 Å². The second-order valence-electron chi connectivity index (χ2n) is 7.52. The number of benzene rings is 2. The number of amides is 2. The Morgan fingerprint density at radius 3 is 2.40 bits per heavy atom. The molecule has 0 atom stereocenters. The van der Waals surface area contributed by atoms with Gasteiger partial charge in [-0.3, -0.25) is 9.59 Å². The minimum absolute atomic E-state index is 0.0556. The molecule has 0 aromatic heterocycles. The van der Waals surface area contributed by atoms with E-state index in [-0.39, 0.29) is 11.8 Å². The van der Waals surface area contributed by atoms with E-state index < -0.39 is 0 Å². The highest BCUT2D eigenvalue weighted by atomic mass is 16.5. The molecule has 2 aromatic rings. The van der Waals surface area contributed by atoms with Gasteiger partial charge in [0.2, 0.25) is 5.91 Å². The third-order valence-electron chi connectivity index (χ3n) is 5.60. The molecule has 0 saturated carbocycles. The lowest BCUT2D eigenvalue weighted by Crippen LogP contribution is -2.37. The molecule has 30 heavy (non-hydrogen) atoms. The average Bonchev–Trinajstić information content (AvgIpc) is 3.02. The van der Waals surface area contributed by atoms with Gasteiger partial charge in [-0.05, 0) is 49.6 Å². The molecule has 0 N–H and O–H groups in total. The maximum Gasteiger partial charge on any atom is 0.257 e. The van der Waals surface area contributed by atoms with Gasteiger partial charge >= 0.3 is 0 Å². The number of aryl methyl sites for hydroxylation is 1. The summed E-state index contributed by atoms with van der Waals surface area (Å²) in [5.74, 6) is 1.41. The Morgan fingerprint density at radius 2 is 1.60 bits per heavy atom. The lowest BCUT2D eigenvalue weighted by atomic mass is 10.1. The van der Waals surface area contributed by atoms with Crippen molar-refractivity contribution >= 4 is 11.8 Å². The zero-order chi connectivity index (χ0) is 21.5. The molecule has 0 bridgehead atoms. The van der Waals surface area contributed by atoms with Gasteiger partial charge in [-0.1, -0.05) is 24.3 Å². The zero-order valence-electron chi connectivity index (χ0n) is 18.0. The van der Waals surface area contributed by atoms with E-state index in [0.29, 0.717) is 50.5 Å². The first-order chi connectivity index (χ1) is 14.5.